The highest BCUT2D eigenvalue weighted by Gasteiger charge is 2.03. The molecule has 0 aromatic heterocycles. The summed E-state index contributed by atoms with van der Waals surface area (Å²) in [7, 11) is 0. The molecule has 7 heteroatoms. The minimum Gasteiger partial charge on any atom is -0.507 e. The van der Waals surface area contributed by atoms with E-state index < -0.39 is 0 Å². The molecule has 3 aromatic rings. The standard InChI is InChI=1S/C22H21N5O2/c1-16-7-5-6-10-20(16)23-15-22(29)27-24-14-17-13-19(11-12-21(17)28)26-25-18-8-3-2-4-9-18/h2-14,23,28H,15H2,1H3,(H,27,29)/b24-14-,26-25?. The number of aryl methyl sites for hydroxylation is 1. The molecule has 0 spiro atoms. The van der Waals surface area contributed by atoms with Crippen LogP contribution in [0.4, 0.5) is 17.1 Å². The van der Waals surface area contributed by atoms with Gasteiger partial charge in [-0.25, -0.2) is 5.43 Å². The van der Waals surface area contributed by atoms with Crippen LogP contribution in [0.3, 0.4) is 0 Å². The summed E-state index contributed by atoms with van der Waals surface area (Å²) in [6, 6.07) is 21.8. The van der Waals surface area contributed by atoms with Crippen molar-refractivity contribution in [1.82, 2.24) is 5.43 Å². The summed E-state index contributed by atoms with van der Waals surface area (Å²) in [4.78, 5) is 11.9. The lowest BCUT2D eigenvalue weighted by molar-refractivity contribution is -0.119. The number of hydrazone groups is 1. The van der Waals surface area contributed by atoms with Gasteiger partial charge in [0.1, 0.15) is 5.75 Å². The van der Waals surface area contributed by atoms with E-state index in [9.17, 15) is 9.90 Å². The van der Waals surface area contributed by atoms with Crippen molar-refractivity contribution < 1.29 is 9.90 Å². The maximum absolute atomic E-state index is 11.9. The van der Waals surface area contributed by atoms with Gasteiger partial charge >= 0.3 is 0 Å². The van der Waals surface area contributed by atoms with E-state index in [-0.39, 0.29) is 18.2 Å². The normalized spacial score (nSPS) is 11.1. The second kappa shape index (κ2) is 9.80. The molecule has 3 N–H and O–H groups in total. The molecule has 7 nitrogen and oxygen atoms in total. The van der Waals surface area contributed by atoms with Crippen LogP contribution in [0.25, 0.3) is 0 Å². The molecule has 0 heterocycles. The van der Waals surface area contributed by atoms with Crippen molar-refractivity contribution in [2.45, 2.75) is 6.92 Å². The Bertz CT molecular complexity index is 1030. The monoisotopic (exact) mass is 387 g/mol. The number of nitrogens with zero attached hydrogens (tertiary/aromatic N) is 3. The Labute approximate surface area is 168 Å². The van der Waals surface area contributed by atoms with Gasteiger partial charge < -0.3 is 10.4 Å². The van der Waals surface area contributed by atoms with Crippen LogP contribution >= 0.6 is 0 Å². The number of hydrogen-bond acceptors (Lipinski definition) is 6. The van der Waals surface area contributed by atoms with Gasteiger partial charge in [0, 0.05) is 11.3 Å². The number of benzene rings is 3. The lowest BCUT2D eigenvalue weighted by Crippen LogP contribution is -2.26. The van der Waals surface area contributed by atoms with Crippen LogP contribution < -0.4 is 10.7 Å². The fourth-order valence-corrected chi connectivity index (χ4v) is 2.48. The van der Waals surface area contributed by atoms with E-state index in [1.54, 1.807) is 12.1 Å². The molecule has 0 unspecified atom stereocenters. The van der Waals surface area contributed by atoms with Crippen LogP contribution in [0.2, 0.25) is 0 Å². The number of amides is 1. The average molecular weight is 387 g/mol. The van der Waals surface area contributed by atoms with E-state index in [4.69, 9.17) is 0 Å². The van der Waals surface area contributed by atoms with Crippen molar-refractivity contribution in [3.05, 3.63) is 83.9 Å². The van der Waals surface area contributed by atoms with Crippen LogP contribution in [0.5, 0.6) is 5.75 Å². The number of para-hydroxylation sites is 1. The Morgan fingerprint density at radius 3 is 2.48 bits per heavy atom. The minimum atomic E-state index is -0.302. The molecule has 0 fully saturated rings. The largest absolute Gasteiger partial charge is 0.507 e. The summed E-state index contributed by atoms with van der Waals surface area (Å²) >= 11 is 0. The summed E-state index contributed by atoms with van der Waals surface area (Å²) in [5, 5.41) is 25.2. The van der Waals surface area contributed by atoms with Gasteiger partial charge in [0.2, 0.25) is 0 Å². The first-order valence-corrected chi connectivity index (χ1v) is 9.03. The molecule has 3 rings (SSSR count). The second-order valence-corrected chi connectivity index (χ2v) is 6.24. The van der Waals surface area contributed by atoms with Gasteiger partial charge in [-0.2, -0.15) is 15.3 Å². The highest BCUT2D eigenvalue weighted by Crippen LogP contribution is 2.24. The van der Waals surface area contributed by atoms with Gasteiger partial charge in [-0.05, 0) is 48.9 Å². The molecule has 29 heavy (non-hydrogen) atoms. The lowest BCUT2D eigenvalue weighted by atomic mass is 10.2. The maximum atomic E-state index is 11.9. The Kier molecular flexibility index (Phi) is 6.67. The molecular formula is C22H21N5O2. The molecule has 0 radical (unpaired) electrons. The highest BCUT2D eigenvalue weighted by atomic mass is 16.3. The molecule has 0 saturated carbocycles. The quantitative estimate of drug-likeness (QED) is 0.312. The molecule has 3 aromatic carbocycles. The van der Waals surface area contributed by atoms with Crippen LogP contribution in [0, 0.1) is 6.92 Å². The molecule has 0 saturated heterocycles. The van der Waals surface area contributed by atoms with Crippen molar-refractivity contribution in [3.63, 3.8) is 0 Å². The topological polar surface area (TPSA) is 98.4 Å². The number of aromatic hydroxyl groups is 1. The average Bonchev–Trinajstić information content (AvgIpc) is 2.74. The number of azo groups is 1. The number of nitrogens with one attached hydrogen (secondary N) is 2. The highest BCUT2D eigenvalue weighted by molar-refractivity contribution is 5.87. The number of phenolic OH excluding ortho intramolecular Hbond substituents is 1. The zero-order valence-electron chi connectivity index (χ0n) is 15.9. The van der Waals surface area contributed by atoms with Crippen LogP contribution in [-0.4, -0.2) is 23.8 Å². The van der Waals surface area contributed by atoms with Gasteiger partial charge in [-0.1, -0.05) is 36.4 Å². The number of rotatable bonds is 7. The van der Waals surface area contributed by atoms with Gasteiger partial charge in [0.25, 0.3) is 5.91 Å². The van der Waals surface area contributed by atoms with Crippen molar-refractivity contribution in [2.24, 2.45) is 15.3 Å². The Morgan fingerprint density at radius 1 is 0.966 bits per heavy atom. The van der Waals surface area contributed by atoms with E-state index in [1.165, 1.54) is 12.3 Å². The Balaban J connectivity index is 1.57. The van der Waals surface area contributed by atoms with Crippen LogP contribution in [-0.2, 0) is 4.79 Å². The summed E-state index contributed by atoms with van der Waals surface area (Å²) in [6.45, 7) is 2.04. The third-order valence-corrected chi connectivity index (χ3v) is 4.03. The molecule has 0 aliphatic heterocycles. The van der Waals surface area contributed by atoms with Crippen LogP contribution in [0.1, 0.15) is 11.1 Å². The first-order valence-electron chi connectivity index (χ1n) is 9.03. The summed E-state index contributed by atoms with van der Waals surface area (Å²) in [5.41, 5.74) is 6.07. The fourth-order valence-electron chi connectivity index (χ4n) is 2.48. The van der Waals surface area contributed by atoms with Gasteiger partial charge in [-0.3, -0.25) is 4.79 Å². The van der Waals surface area contributed by atoms with Crippen molar-refractivity contribution >= 4 is 29.2 Å². The third kappa shape index (κ3) is 6.00. The maximum Gasteiger partial charge on any atom is 0.259 e. The van der Waals surface area contributed by atoms with E-state index in [0.29, 0.717) is 11.3 Å². The van der Waals surface area contributed by atoms with Crippen molar-refractivity contribution in [1.29, 1.82) is 0 Å². The van der Waals surface area contributed by atoms with E-state index in [2.05, 4.69) is 26.1 Å². The van der Waals surface area contributed by atoms with Gasteiger partial charge in [-0.15, -0.1) is 0 Å². The number of carbonyl (C=O) groups excluding carboxylic acids is 1. The Hall–Kier alpha value is -4.00. The van der Waals surface area contributed by atoms with E-state index in [0.717, 1.165) is 16.9 Å². The molecule has 0 aliphatic carbocycles. The first-order chi connectivity index (χ1) is 14.1. The smallest absolute Gasteiger partial charge is 0.259 e. The minimum absolute atomic E-state index is 0.0275. The van der Waals surface area contributed by atoms with Crippen LogP contribution in [0.15, 0.2) is 88.1 Å². The third-order valence-electron chi connectivity index (χ3n) is 4.03. The SMILES string of the molecule is Cc1ccccc1NCC(=O)N/N=C\c1cc(N=Nc2ccccc2)ccc1O. The summed E-state index contributed by atoms with van der Waals surface area (Å²) in [5.74, 6) is -0.274. The number of phenols is 1. The van der Waals surface area contributed by atoms with Gasteiger partial charge in [0.15, 0.2) is 0 Å². The first kappa shape index (κ1) is 19.8. The zero-order valence-corrected chi connectivity index (χ0v) is 15.9. The summed E-state index contributed by atoms with van der Waals surface area (Å²) < 4.78 is 0. The van der Waals surface area contributed by atoms with E-state index >= 15 is 0 Å². The zero-order chi connectivity index (χ0) is 20.5. The van der Waals surface area contributed by atoms with E-state index in [1.807, 2.05) is 61.5 Å². The van der Waals surface area contributed by atoms with Gasteiger partial charge in [0.05, 0.1) is 24.1 Å². The van der Waals surface area contributed by atoms with Crippen molar-refractivity contribution in [2.75, 3.05) is 11.9 Å². The Morgan fingerprint density at radius 2 is 1.69 bits per heavy atom. The molecule has 146 valence electrons. The molecule has 1 amide bonds. The molecular weight excluding hydrogens is 366 g/mol. The molecule has 0 aliphatic rings. The second-order valence-electron chi connectivity index (χ2n) is 6.24. The molecule has 0 atom stereocenters. The number of carbonyl (C=O) groups is 1. The lowest BCUT2D eigenvalue weighted by Gasteiger charge is -2.07. The van der Waals surface area contributed by atoms with Crippen molar-refractivity contribution in [3.8, 4) is 5.75 Å². The predicted molar refractivity (Wildman–Crippen MR) is 114 cm³/mol. The number of anilines is 1. The fraction of sp³-hybridized carbons (Fsp3) is 0.0909. The molecule has 0 bridgehead atoms. The predicted octanol–water partition coefficient (Wildman–Crippen LogP) is 4.68. The number of hydrogen-bond donors (Lipinski definition) is 3. The summed E-state index contributed by atoms with van der Waals surface area (Å²) in [6.07, 6.45) is 1.36.